The number of hydrogen-bond donors (Lipinski definition) is 1. The Morgan fingerprint density at radius 1 is 1.35 bits per heavy atom. The Morgan fingerprint density at radius 3 is 2.41 bits per heavy atom. The van der Waals surface area contributed by atoms with Gasteiger partial charge in [0.2, 0.25) is 0 Å². The van der Waals surface area contributed by atoms with Gasteiger partial charge in [0, 0.05) is 41.2 Å². The third kappa shape index (κ3) is 3.76. The van der Waals surface area contributed by atoms with Crippen LogP contribution in [0.4, 0.5) is 4.79 Å². The molecule has 5 heteroatoms. The van der Waals surface area contributed by atoms with E-state index in [0.29, 0.717) is 0 Å². The number of allylic oxidation sites excluding steroid dienone is 1. The van der Waals surface area contributed by atoms with E-state index in [1.165, 1.54) is 0 Å². The molecule has 0 aromatic carbocycles. The van der Waals surface area contributed by atoms with E-state index in [4.69, 9.17) is 0 Å². The number of nitrogens with one attached hydrogen (secondary N) is 1. The highest BCUT2D eigenvalue weighted by Crippen LogP contribution is 2.04. The first-order chi connectivity index (χ1) is 8.22. The van der Waals surface area contributed by atoms with Crippen molar-refractivity contribution in [2.24, 2.45) is 4.99 Å². The van der Waals surface area contributed by atoms with Crippen molar-refractivity contribution >= 4 is 11.9 Å². The summed E-state index contributed by atoms with van der Waals surface area (Å²) in [5.74, 6) is 1.02. The van der Waals surface area contributed by atoms with Gasteiger partial charge >= 0.3 is 6.03 Å². The number of piperazine rings is 1. The smallest absolute Gasteiger partial charge is 0.317 e. The topological polar surface area (TPSA) is 47.9 Å². The average Bonchev–Trinajstić information content (AvgIpc) is 2.38. The van der Waals surface area contributed by atoms with Crippen molar-refractivity contribution in [3.05, 3.63) is 12.2 Å². The first-order valence-electron chi connectivity index (χ1n) is 6.11. The molecule has 0 unspecified atom stereocenters. The van der Waals surface area contributed by atoms with Crippen molar-refractivity contribution in [3.8, 4) is 0 Å². The number of carbonyl (C=O) groups is 1. The summed E-state index contributed by atoms with van der Waals surface area (Å²) in [5, 5.41) is 2.65. The lowest BCUT2D eigenvalue weighted by Gasteiger charge is -2.35. The van der Waals surface area contributed by atoms with Crippen LogP contribution in [0.2, 0.25) is 0 Å². The molecule has 1 N–H and O–H groups in total. The van der Waals surface area contributed by atoms with Gasteiger partial charge < -0.3 is 15.1 Å². The van der Waals surface area contributed by atoms with E-state index in [-0.39, 0.29) is 7.46 Å². The average molecular weight is 240 g/mol. The van der Waals surface area contributed by atoms with Gasteiger partial charge in [0.1, 0.15) is 5.84 Å². The molecule has 0 aromatic heterocycles. The second kappa shape index (κ2) is 6.93. The summed E-state index contributed by atoms with van der Waals surface area (Å²) in [7, 11) is 1.67. The van der Waals surface area contributed by atoms with Gasteiger partial charge in [-0.05, 0) is 19.9 Å². The molecule has 0 saturated carbocycles. The van der Waals surface area contributed by atoms with E-state index >= 15 is 0 Å². The third-order valence-corrected chi connectivity index (χ3v) is 2.74. The van der Waals surface area contributed by atoms with Crippen LogP contribution in [-0.4, -0.2) is 61.4 Å². The monoisotopic (exact) mass is 240 g/mol. The van der Waals surface area contributed by atoms with E-state index in [2.05, 4.69) is 15.2 Å². The number of rotatable bonds is 2. The molecule has 5 nitrogen and oxygen atoms in total. The summed E-state index contributed by atoms with van der Waals surface area (Å²) in [6.07, 6.45) is 4.03. The van der Waals surface area contributed by atoms with Gasteiger partial charge in [-0.3, -0.25) is 4.99 Å². The standard InChI is InChI=1S/C12H22N4O.H2/c1-4-6-11(14-5-2)15-7-9-16(10-8-15)12(17)13-3;/h4,6H,5,7-10H2,1-3H3,(H,13,17);1H/b6-4-,14-11?;. The van der Waals surface area contributed by atoms with Crippen molar-refractivity contribution in [2.45, 2.75) is 13.8 Å². The summed E-state index contributed by atoms with van der Waals surface area (Å²) in [6, 6.07) is 0.00432. The van der Waals surface area contributed by atoms with Gasteiger partial charge in [-0.25, -0.2) is 4.79 Å². The van der Waals surface area contributed by atoms with Crippen molar-refractivity contribution in [3.63, 3.8) is 0 Å². The van der Waals surface area contributed by atoms with Crippen LogP contribution in [-0.2, 0) is 0 Å². The quantitative estimate of drug-likeness (QED) is 0.582. The number of carbonyl (C=O) groups excluding carboxylic acids is 1. The zero-order valence-corrected chi connectivity index (χ0v) is 10.9. The number of amidine groups is 1. The molecule has 1 fully saturated rings. The SMILES string of the molecule is C/C=C\C(=NCC)N1CCN(C(=O)NC)CC1.[HH]. The summed E-state index contributed by atoms with van der Waals surface area (Å²) < 4.78 is 0. The fraction of sp³-hybridized carbons (Fsp3) is 0.667. The summed E-state index contributed by atoms with van der Waals surface area (Å²) in [6.45, 7) is 8.00. The van der Waals surface area contributed by atoms with E-state index in [1.54, 1.807) is 7.05 Å². The Morgan fingerprint density at radius 2 is 1.94 bits per heavy atom. The molecule has 0 aliphatic carbocycles. The molecule has 1 saturated heterocycles. The molecule has 98 valence electrons. The van der Waals surface area contributed by atoms with Crippen molar-refractivity contribution < 1.29 is 6.22 Å². The Hall–Kier alpha value is -1.52. The van der Waals surface area contributed by atoms with Crippen LogP contribution >= 0.6 is 0 Å². The summed E-state index contributed by atoms with van der Waals surface area (Å²) in [4.78, 5) is 20.0. The van der Waals surface area contributed by atoms with Crippen molar-refractivity contribution in [2.75, 3.05) is 39.8 Å². The molecule has 1 aliphatic rings. The first-order valence-corrected chi connectivity index (χ1v) is 6.11. The molecule has 0 bridgehead atoms. The first kappa shape index (κ1) is 13.5. The number of urea groups is 1. The molecule has 1 aliphatic heterocycles. The maximum atomic E-state index is 11.4. The van der Waals surface area contributed by atoms with E-state index in [1.807, 2.05) is 30.9 Å². The van der Waals surface area contributed by atoms with Crippen molar-refractivity contribution in [1.29, 1.82) is 0 Å². The van der Waals surface area contributed by atoms with Gasteiger partial charge in [0.15, 0.2) is 0 Å². The fourth-order valence-electron chi connectivity index (χ4n) is 1.87. The Balaban J connectivity index is 0.00000289. The predicted molar refractivity (Wildman–Crippen MR) is 72.5 cm³/mol. The van der Waals surface area contributed by atoms with E-state index < -0.39 is 0 Å². The van der Waals surface area contributed by atoms with Gasteiger partial charge in [-0.1, -0.05) is 6.08 Å². The normalized spacial score (nSPS) is 17.7. The Labute approximate surface area is 105 Å². The van der Waals surface area contributed by atoms with E-state index in [9.17, 15) is 4.79 Å². The molecule has 1 rings (SSSR count). The van der Waals surface area contributed by atoms with Crippen LogP contribution in [0.25, 0.3) is 0 Å². The lowest BCUT2D eigenvalue weighted by molar-refractivity contribution is 0.171. The maximum absolute atomic E-state index is 11.4. The second-order valence-electron chi connectivity index (χ2n) is 3.86. The highest BCUT2D eigenvalue weighted by Gasteiger charge is 2.21. The molecule has 0 radical (unpaired) electrons. The minimum absolute atomic E-state index is 0. The van der Waals surface area contributed by atoms with Crippen LogP contribution in [0, 0.1) is 0 Å². The molecule has 2 amide bonds. The molecular weight excluding hydrogens is 216 g/mol. The Kier molecular flexibility index (Phi) is 5.52. The fourth-order valence-corrected chi connectivity index (χ4v) is 1.87. The highest BCUT2D eigenvalue weighted by atomic mass is 16.2. The van der Waals surface area contributed by atoms with Gasteiger partial charge in [0.05, 0.1) is 0 Å². The maximum Gasteiger partial charge on any atom is 0.317 e. The minimum atomic E-state index is 0. The molecule has 0 atom stereocenters. The molecule has 0 spiro atoms. The van der Waals surface area contributed by atoms with Gasteiger partial charge in [-0.2, -0.15) is 0 Å². The number of amides is 2. The van der Waals surface area contributed by atoms with Crippen LogP contribution in [0.15, 0.2) is 17.1 Å². The molecule has 0 aromatic rings. The highest BCUT2D eigenvalue weighted by molar-refractivity contribution is 5.93. The van der Waals surface area contributed by atoms with Crippen LogP contribution < -0.4 is 5.32 Å². The lowest BCUT2D eigenvalue weighted by Crippen LogP contribution is -2.52. The van der Waals surface area contributed by atoms with Gasteiger partial charge in [0.25, 0.3) is 0 Å². The largest absolute Gasteiger partial charge is 0.353 e. The third-order valence-electron chi connectivity index (χ3n) is 2.74. The van der Waals surface area contributed by atoms with Crippen LogP contribution in [0.1, 0.15) is 15.3 Å². The molecule has 1 heterocycles. The van der Waals surface area contributed by atoms with Gasteiger partial charge in [-0.15, -0.1) is 0 Å². The number of aliphatic imine (C=N–C) groups is 1. The Bertz CT molecular complexity index is 309. The zero-order chi connectivity index (χ0) is 12.7. The van der Waals surface area contributed by atoms with Crippen LogP contribution in [0.3, 0.4) is 0 Å². The summed E-state index contributed by atoms with van der Waals surface area (Å²) >= 11 is 0. The predicted octanol–water partition coefficient (Wildman–Crippen LogP) is 1.18. The van der Waals surface area contributed by atoms with E-state index in [0.717, 1.165) is 38.6 Å². The van der Waals surface area contributed by atoms with Crippen molar-refractivity contribution in [1.82, 2.24) is 15.1 Å². The summed E-state index contributed by atoms with van der Waals surface area (Å²) in [5.41, 5.74) is 0. The molecular formula is C12H24N4O. The minimum Gasteiger partial charge on any atom is -0.353 e. The van der Waals surface area contributed by atoms with Crippen LogP contribution in [0.5, 0.6) is 0 Å². The zero-order valence-electron chi connectivity index (χ0n) is 10.9. The second-order valence-corrected chi connectivity index (χ2v) is 3.86. The molecule has 17 heavy (non-hydrogen) atoms. The lowest BCUT2D eigenvalue weighted by atomic mass is 10.3. The number of hydrogen-bond acceptors (Lipinski definition) is 2. The number of nitrogens with zero attached hydrogens (tertiary/aromatic N) is 3.